The maximum Gasteiger partial charge on any atom is 0.228 e. The molecule has 2 heterocycles. The maximum absolute atomic E-state index is 12.5. The van der Waals surface area contributed by atoms with Crippen molar-refractivity contribution in [2.45, 2.75) is 32.2 Å². The summed E-state index contributed by atoms with van der Waals surface area (Å²) in [5.41, 5.74) is 3.67. The highest BCUT2D eigenvalue weighted by atomic mass is 35.5. The third kappa shape index (κ3) is 3.76. The lowest BCUT2D eigenvalue weighted by atomic mass is 9.99. The molecule has 4 nitrogen and oxygen atoms in total. The number of fused-ring (bicyclic) bond motifs is 1. The molecule has 0 saturated carbocycles. The van der Waals surface area contributed by atoms with Crippen molar-refractivity contribution in [2.24, 2.45) is 0 Å². The number of benzene rings is 1. The molecule has 0 aromatic heterocycles. The number of nitrogens with zero attached hydrogens (tertiary/aromatic N) is 1. The first-order chi connectivity index (χ1) is 9.74. The molecule has 1 aromatic carbocycles. The molecular formula is C16H23ClN2O2. The lowest BCUT2D eigenvalue weighted by molar-refractivity contribution is -0.119. The van der Waals surface area contributed by atoms with E-state index in [0.717, 1.165) is 38.2 Å². The number of carbonyl (C=O) groups excluding carboxylic acids is 1. The van der Waals surface area contributed by atoms with Gasteiger partial charge in [0.25, 0.3) is 0 Å². The van der Waals surface area contributed by atoms with Gasteiger partial charge in [-0.15, -0.1) is 12.4 Å². The molecule has 1 amide bonds. The highest BCUT2D eigenvalue weighted by Crippen LogP contribution is 2.28. The van der Waals surface area contributed by atoms with Gasteiger partial charge in [-0.2, -0.15) is 0 Å². The average Bonchev–Trinajstić information content (AvgIpc) is 2.47. The second-order valence-electron chi connectivity index (χ2n) is 5.71. The Bertz CT molecular complexity index is 501. The number of ether oxygens (including phenoxy) is 1. The van der Waals surface area contributed by atoms with Gasteiger partial charge in [0.2, 0.25) is 5.91 Å². The minimum atomic E-state index is 0. The first-order valence-corrected chi connectivity index (χ1v) is 7.45. The van der Waals surface area contributed by atoms with Crippen LogP contribution in [0.3, 0.4) is 0 Å². The van der Waals surface area contributed by atoms with Crippen molar-refractivity contribution < 1.29 is 9.53 Å². The van der Waals surface area contributed by atoms with Crippen molar-refractivity contribution >= 4 is 24.0 Å². The van der Waals surface area contributed by atoms with Gasteiger partial charge in [-0.1, -0.05) is 17.7 Å². The largest absolute Gasteiger partial charge is 0.378 e. The Morgan fingerprint density at radius 3 is 3.10 bits per heavy atom. The molecule has 1 atom stereocenters. The molecule has 1 unspecified atom stereocenters. The van der Waals surface area contributed by atoms with Gasteiger partial charge in [0.1, 0.15) is 0 Å². The monoisotopic (exact) mass is 310 g/mol. The van der Waals surface area contributed by atoms with E-state index in [1.54, 1.807) is 0 Å². The van der Waals surface area contributed by atoms with Crippen molar-refractivity contribution in [3.63, 3.8) is 0 Å². The molecule has 3 rings (SSSR count). The van der Waals surface area contributed by atoms with Crippen LogP contribution in [0.1, 0.15) is 24.0 Å². The number of halogens is 1. The number of aryl methyl sites for hydroxylation is 2. The molecule has 1 N–H and O–H groups in total. The van der Waals surface area contributed by atoms with Crippen LogP contribution in [0.15, 0.2) is 18.2 Å². The van der Waals surface area contributed by atoms with Crippen molar-refractivity contribution in [1.82, 2.24) is 5.32 Å². The van der Waals surface area contributed by atoms with E-state index in [2.05, 4.69) is 30.4 Å². The molecule has 1 saturated heterocycles. The highest BCUT2D eigenvalue weighted by Gasteiger charge is 2.25. The van der Waals surface area contributed by atoms with Gasteiger partial charge < -0.3 is 15.0 Å². The standard InChI is InChI=1S/C16H22N2O2.ClH/c1-12-4-5-15-13(9-12)3-2-7-18(15)16(19)10-14-11-20-8-6-17-14;/h4-5,9,14,17H,2-3,6-8,10-11H2,1H3;1H. The normalized spacial score (nSPS) is 21.4. The van der Waals surface area contributed by atoms with Crippen LogP contribution in [-0.4, -0.2) is 38.3 Å². The second kappa shape index (κ2) is 7.25. The lowest BCUT2D eigenvalue weighted by Gasteiger charge is -2.32. The molecule has 1 aromatic rings. The molecule has 0 spiro atoms. The van der Waals surface area contributed by atoms with Crippen LogP contribution in [0, 0.1) is 6.92 Å². The summed E-state index contributed by atoms with van der Waals surface area (Å²) in [6.07, 6.45) is 2.65. The van der Waals surface area contributed by atoms with E-state index in [-0.39, 0.29) is 24.4 Å². The lowest BCUT2D eigenvalue weighted by Crippen LogP contribution is -2.46. The van der Waals surface area contributed by atoms with Gasteiger partial charge in [-0.05, 0) is 31.4 Å². The fourth-order valence-electron chi connectivity index (χ4n) is 3.06. The number of amides is 1. The van der Waals surface area contributed by atoms with E-state index in [1.165, 1.54) is 11.1 Å². The highest BCUT2D eigenvalue weighted by molar-refractivity contribution is 5.95. The van der Waals surface area contributed by atoms with E-state index in [4.69, 9.17) is 4.74 Å². The number of hydrogen-bond acceptors (Lipinski definition) is 3. The van der Waals surface area contributed by atoms with Crippen molar-refractivity contribution in [3.8, 4) is 0 Å². The van der Waals surface area contributed by atoms with Gasteiger partial charge in [0.15, 0.2) is 0 Å². The summed E-state index contributed by atoms with van der Waals surface area (Å²) in [4.78, 5) is 14.5. The fraction of sp³-hybridized carbons (Fsp3) is 0.562. The summed E-state index contributed by atoms with van der Waals surface area (Å²) < 4.78 is 5.42. The summed E-state index contributed by atoms with van der Waals surface area (Å²) >= 11 is 0. The zero-order chi connectivity index (χ0) is 13.9. The summed E-state index contributed by atoms with van der Waals surface area (Å²) in [6, 6.07) is 6.54. The van der Waals surface area contributed by atoms with Crippen LogP contribution in [0.5, 0.6) is 0 Å². The van der Waals surface area contributed by atoms with Crippen LogP contribution < -0.4 is 10.2 Å². The number of nitrogens with one attached hydrogen (secondary N) is 1. The van der Waals surface area contributed by atoms with E-state index in [0.29, 0.717) is 13.0 Å². The zero-order valence-electron chi connectivity index (χ0n) is 12.4. The number of rotatable bonds is 2. The number of anilines is 1. The van der Waals surface area contributed by atoms with Gasteiger partial charge in [-0.3, -0.25) is 4.79 Å². The van der Waals surface area contributed by atoms with Crippen molar-refractivity contribution in [1.29, 1.82) is 0 Å². The molecule has 0 aliphatic carbocycles. The summed E-state index contributed by atoms with van der Waals surface area (Å²) in [6.45, 7) is 5.16. The Hall–Kier alpha value is -1.10. The van der Waals surface area contributed by atoms with Gasteiger partial charge in [0.05, 0.1) is 13.2 Å². The SMILES string of the molecule is Cc1ccc2c(c1)CCCN2C(=O)CC1COCCN1.Cl. The van der Waals surface area contributed by atoms with Crippen LogP contribution in [-0.2, 0) is 16.0 Å². The van der Waals surface area contributed by atoms with Crippen LogP contribution in [0.25, 0.3) is 0 Å². The molecule has 21 heavy (non-hydrogen) atoms. The topological polar surface area (TPSA) is 41.6 Å². The van der Waals surface area contributed by atoms with E-state index in [9.17, 15) is 4.79 Å². The number of morpholine rings is 1. The summed E-state index contributed by atoms with van der Waals surface area (Å²) in [5, 5.41) is 3.35. The van der Waals surface area contributed by atoms with Gasteiger partial charge in [-0.25, -0.2) is 0 Å². The molecule has 0 bridgehead atoms. The fourth-order valence-corrected chi connectivity index (χ4v) is 3.06. The van der Waals surface area contributed by atoms with E-state index >= 15 is 0 Å². The summed E-state index contributed by atoms with van der Waals surface area (Å²) in [7, 11) is 0. The van der Waals surface area contributed by atoms with E-state index < -0.39 is 0 Å². The van der Waals surface area contributed by atoms with Gasteiger partial charge >= 0.3 is 0 Å². The predicted octanol–water partition coefficient (Wildman–Crippen LogP) is 2.07. The minimum absolute atomic E-state index is 0. The van der Waals surface area contributed by atoms with Crippen LogP contribution >= 0.6 is 12.4 Å². The van der Waals surface area contributed by atoms with E-state index in [1.807, 2.05) is 4.90 Å². The molecule has 0 radical (unpaired) electrons. The molecular weight excluding hydrogens is 288 g/mol. The molecule has 5 heteroatoms. The molecule has 1 fully saturated rings. The first kappa shape index (κ1) is 16.3. The number of carbonyl (C=O) groups is 1. The van der Waals surface area contributed by atoms with Crippen molar-refractivity contribution in [3.05, 3.63) is 29.3 Å². The smallest absolute Gasteiger partial charge is 0.228 e. The second-order valence-corrected chi connectivity index (χ2v) is 5.71. The average molecular weight is 311 g/mol. The van der Waals surface area contributed by atoms with Crippen LogP contribution in [0.2, 0.25) is 0 Å². The molecule has 2 aliphatic rings. The Labute approximate surface area is 132 Å². The third-order valence-electron chi connectivity index (χ3n) is 4.07. The Morgan fingerprint density at radius 1 is 1.48 bits per heavy atom. The van der Waals surface area contributed by atoms with Crippen LogP contribution in [0.4, 0.5) is 5.69 Å². The Balaban J connectivity index is 0.00000161. The third-order valence-corrected chi connectivity index (χ3v) is 4.07. The number of hydrogen-bond donors (Lipinski definition) is 1. The summed E-state index contributed by atoms with van der Waals surface area (Å²) in [5.74, 6) is 0.206. The Kier molecular flexibility index (Phi) is 5.62. The van der Waals surface area contributed by atoms with Crippen molar-refractivity contribution in [2.75, 3.05) is 31.2 Å². The maximum atomic E-state index is 12.5. The zero-order valence-corrected chi connectivity index (χ0v) is 13.2. The molecule has 2 aliphatic heterocycles. The van der Waals surface area contributed by atoms with Gasteiger partial charge in [0, 0.05) is 31.2 Å². The first-order valence-electron chi connectivity index (χ1n) is 7.45. The molecule has 116 valence electrons. The minimum Gasteiger partial charge on any atom is -0.378 e. The predicted molar refractivity (Wildman–Crippen MR) is 86.3 cm³/mol. The Morgan fingerprint density at radius 2 is 2.33 bits per heavy atom. The quantitative estimate of drug-likeness (QED) is 0.909.